The van der Waals surface area contributed by atoms with Gasteiger partial charge in [-0.05, 0) is 62.9 Å². The predicted molar refractivity (Wildman–Crippen MR) is 147 cm³/mol. The second kappa shape index (κ2) is 11.6. The van der Waals surface area contributed by atoms with Crippen LogP contribution in [0.3, 0.4) is 0 Å². The molecule has 38 heavy (non-hydrogen) atoms. The molecular formula is C27H40N8O3. The van der Waals surface area contributed by atoms with Crippen molar-refractivity contribution in [3.8, 4) is 5.69 Å². The highest BCUT2D eigenvalue weighted by molar-refractivity contribution is 5.89. The van der Waals surface area contributed by atoms with Crippen LogP contribution in [-0.4, -0.2) is 93.6 Å². The third-order valence-corrected chi connectivity index (χ3v) is 7.43. The first kappa shape index (κ1) is 27.7. The Morgan fingerprint density at radius 3 is 2.32 bits per heavy atom. The van der Waals surface area contributed by atoms with Crippen molar-refractivity contribution in [3.05, 3.63) is 52.6 Å². The van der Waals surface area contributed by atoms with E-state index in [1.165, 1.54) is 10.1 Å². The summed E-state index contributed by atoms with van der Waals surface area (Å²) < 4.78 is 1.45. The number of carbonyl (C=O) groups excluding carboxylic acids is 2. The fraction of sp³-hybridized carbons (Fsp3) is 0.556. The summed E-state index contributed by atoms with van der Waals surface area (Å²) in [6, 6.07) is 9.44. The van der Waals surface area contributed by atoms with E-state index in [4.69, 9.17) is 11.5 Å². The van der Waals surface area contributed by atoms with E-state index in [0.29, 0.717) is 43.8 Å². The number of nitrogens with one attached hydrogen (secondary N) is 1. The lowest BCUT2D eigenvalue weighted by molar-refractivity contribution is -0.137. The summed E-state index contributed by atoms with van der Waals surface area (Å²) in [5, 5.41) is 2.69. The number of rotatable bonds is 6. The summed E-state index contributed by atoms with van der Waals surface area (Å²) >= 11 is 0. The standard InChI is InChI=1S/C27H40N8O3/c1-19-18-32(12-9-22(19)28)11-8-20-4-6-21(7-5-20)35-13-10-23(31-26(35)38)30-25(37)34-16-14-33(15-17-34)24(36)27(2,3)29/h4-7,10,13,19,22H,8-9,11-12,14-18,28-29H2,1-3H3,(H,30,31,37,38)/t19-,22-/m1/s1. The van der Waals surface area contributed by atoms with Gasteiger partial charge in [-0.1, -0.05) is 19.1 Å². The molecule has 4 rings (SSSR count). The van der Waals surface area contributed by atoms with Crippen LogP contribution in [0.25, 0.3) is 5.69 Å². The van der Waals surface area contributed by atoms with E-state index in [0.717, 1.165) is 32.5 Å². The number of likely N-dealkylation sites (tertiary alicyclic amines) is 1. The minimum absolute atomic E-state index is 0.141. The summed E-state index contributed by atoms with van der Waals surface area (Å²) in [5.74, 6) is 0.561. The van der Waals surface area contributed by atoms with Crippen LogP contribution in [-0.2, 0) is 11.2 Å². The molecule has 2 aliphatic rings. The van der Waals surface area contributed by atoms with Crippen LogP contribution in [0.1, 0.15) is 32.8 Å². The first-order valence-corrected chi connectivity index (χ1v) is 13.3. The predicted octanol–water partition coefficient (Wildman–Crippen LogP) is 0.858. The highest BCUT2D eigenvalue weighted by Gasteiger charge is 2.31. The minimum atomic E-state index is -0.945. The number of anilines is 1. The molecule has 0 unspecified atom stereocenters. The van der Waals surface area contributed by atoms with Crippen molar-refractivity contribution in [1.82, 2.24) is 24.3 Å². The lowest BCUT2D eigenvalue weighted by Gasteiger charge is -2.37. The summed E-state index contributed by atoms with van der Waals surface area (Å²) in [6.07, 6.45) is 3.59. The van der Waals surface area contributed by atoms with E-state index in [-0.39, 0.29) is 17.8 Å². The van der Waals surface area contributed by atoms with Crippen LogP contribution >= 0.6 is 0 Å². The Hall–Kier alpha value is -3.28. The zero-order chi connectivity index (χ0) is 27.4. The van der Waals surface area contributed by atoms with Gasteiger partial charge in [0.15, 0.2) is 0 Å². The Labute approximate surface area is 223 Å². The van der Waals surface area contributed by atoms with Gasteiger partial charge >= 0.3 is 11.7 Å². The SMILES string of the molecule is C[C@@H]1CN(CCc2ccc(-n3ccc(NC(=O)N4CCN(C(=O)C(C)(C)N)CC4)nc3=O)cc2)CC[C@H]1N. The third-order valence-electron chi connectivity index (χ3n) is 7.43. The molecular weight excluding hydrogens is 484 g/mol. The fourth-order valence-corrected chi connectivity index (χ4v) is 4.94. The Morgan fingerprint density at radius 2 is 1.71 bits per heavy atom. The van der Waals surface area contributed by atoms with Crippen LogP contribution in [0.4, 0.5) is 10.6 Å². The number of amides is 3. The first-order valence-electron chi connectivity index (χ1n) is 13.3. The van der Waals surface area contributed by atoms with Gasteiger partial charge < -0.3 is 26.2 Å². The lowest BCUT2D eigenvalue weighted by Crippen LogP contribution is -2.58. The van der Waals surface area contributed by atoms with Gasteiger partial charge in [-0.15, -0.1) is 0 Å². The van der Waals surface area contributed by atoms with Gasteiger partial charge in [-0.3, -0.25) is 14.7 Å². The number of piperazine rings is 1. The molecule has 0 bridgehead atoms. The molecule has 0 radical (unpaired) electrons. The summed E-state index contributed by atoms with van der Waals surface area (Å²) in [5.41, 5.74) is 12.5. The Morgan fingerprint density at radius 1 is 1.05 bits per heavy atom. The molecule has 2 saturated heterocycles. The summed E-state index contributed by atoms with van der Waals surface area (Å²) in [6.45, 7) is 10.2. The molecule has 2 aliphatic heterocycles. The van der Waals surface area contributed by atoms with E-state index in [2.05, 4.69) is 22.1 Å². The molecule has 11 nitrogen and oxygen atoms in total. The second-order valence-electron chi connectivity index (χ2n) is 11.0. The molecule has 3 amide bonds. The molecule has 2 aromatic rings. The topological polar surface area (TPSA) is 143 Å². The molecule has 1 aromatic heterocycles. The van der Waals surface area contributed by atoms with Crippen molar-refractivity contribution in [2.75, 3.05) is 51.1 Å². The average Bonchev–Trinajstić information content (AvgIpc) is 2.89. The number of hydrogen-bond donors (Lipinski definition) is 3. The van der Waals surface area contributed by atoms with Gasteiger partial charge in [0.1, 0.15) is 5.82 Å². The van der Waals surface area contributed by atoms with Gasteiger partial charge in [0.05, 0.1) is 11.2 Å². The van der Waals surface area contributed by atoms with Crippen LogP contribution in [0, 0.1) is 5.92 Å². The van der Waals surface area contributed by atoms with Crippen molar-refractivity contribution in [1.29, 1.82) is 0 Å². The maximum atomic E-state index is 12.7. The number of benzene rings is 1. The van der Waals surface area contributed by atoms with Crippen LogP contribution in [0.5, 0.6) is 0 Å². The number of carbonyl (C=O) groups is 2. The van der Waals surface area contributed by atoms with Gasteiger partial charge in [0.25, 0.3) is 0 Å². The van der Waals surface area contributed by atoms with Crippen LogP contribution in [0.15, 0.2) is 41.3 Å². The second-order valence-corrected chi connectivity index (χ2v) is 11.0. The highest BCUT2D eigenvalue weighted by Crippen LogP contribution is 2.16. The smallest absolute Gasteiger partial charge is 0.338 e. The van der Waals surface area contributed by atoms with Gasteiger partial charge in [-0.2, -0.15) is 4.98 Å². The van der Waals surface area contributed by atoms with Crippen LogP contribution in [0.2, 0.25) is 0 Å². The van der Waals surface area contributed by atoms with Crippen molar-refractivity contribution in [2.45, 2.75) is 45.2 Å². The molecule has 5 N–H and O–H groups in total. The van der Waals surface area contributed by atoms with E-state index >= 15 is 0 Å². The van der Waals surface area contributed by atoms with Crippen LogP contribution < -0.4 is 22.5 Å². The number of urea groups is 1. The maximum absolute atomic E-state index is 12.7. The molecule has 0 saturated carbocycles. The Kier molecular flexibility index (Phi) is 8.49. The average molecular weight is 525 g/mol. The minimum Gasteiger partial charge on any atom is -0.338 e. The number of nitrogens with two attached hydrogens (primary N) is 2. The monoisotopic (exact) mass is 524 g/mol. The molecule has 1 aromatic carbocycles. The van der Waals surface area contributed by atoms with E-state index in [9.17, 15) is 14.4 Å². The van der Waals surface area contributed by atoms with Gasteiger partial charge in [0.2, 0.25) is 5.91 Å². The summed E-state index contributed by atoms with van der Waals surface area (Å²) in [7, 11) is 0. The number of piperidine rings is 1. The fourth-order valence-electron chi connectivity index (χ4n) is 4.94. The van der Waals surface area contributed by atoms with E-state index in [1.807, 2.05) is 24.3 Å². The summed E-state index contributed by atoms with van der Waals surface area (Å²) in [4.78, 5) is 47.5. The van der Waals surface area contributed by atoms with Crippen molar-refractivity contribution >= 4 is 17.8 Å². The van der Waals surface area contributed by atoms with E-state index in [1.54, 1.807) is 35.9 Å². The first-order chi connectivity index (χ1) is 18.0. The molecule has 11 heteroatoms. The number of aromatic nitrogens is 2. The molecule has 0 spiro atoms. The number of hydrogen-bond acceptors (Lipinski definition) is 7. The van der Waals surface area contributed by atoms with Crippen molar-refractivity contribution < 1.29 is 9.59 Å². The molecule has 0 aliphatic carbocycles. The number of nitrogens with zero attached hydrogens (tertiary/aromatic N) is 5. The lowest BCUT2D eigenvalue weighted by atomic mass is 9.94. The molecule has 2 fully saturated rings. The molecule has 206 valence electrons. The van der Waals surface area contributed by atoms with Crippen molar-refractivity contribution in [3.63, 3.8) is 0 Å². The van der Waals surface area contributed by atoms with Crippen molar-refractivity contribution in [2.24, 2.45) is 17.4 Å². The largest absolute Gasteiger partial charge is 0.354 e. The Balaban J connectivity index is 1.29. The van der Waals surface area contributed by atoms with Gasteiger partial charge in [-0.25, -0.2) is 9.59 Å². The zero-order valence-electron chi connectivity index (χ0n) is 22.6. The zero-order valence-corrected chi connectivity index (χ0v) is 22.6. The molecule has 2 atom stereocenters. The molecule has 3 heterocycles. The third kappa shape index (κ3) is 6.77. The van der Waals surface area contributed by atoms with Gasteiger partial charge in [0, 0.05) is 51.5 Å². The maximum Gasteiger partial charge on any atom is 0.354 e. The quantitative estimate of drug-likeness (QED) is 0.509. The highest BCUT2D eigenvalue weighted by atomic mass is 16.2. The van der Waals surface area contributed by atoms with E-state index < -0.39 is 11.2 Å². The normalized spacial score (nSPS) is 20.9. The Bertz CT molecular complexity index is 1180.